The maximum atomic E-state index is 14.4. The molecule has 3 amide bonds. The average molecular weight is 582 g/mol. The molecule has 2 unspecified atom stereocenters. The number of amides is 3. The second-order valence-corrected chi connectivity index (χ2v) is 11.4. The number of ether oxygens (including phenoxy) is 2. The number of alkyl carbamates (subject to hydrolysis) is 1. The Kier molecular flexibility index (Phi) is 13.5. The van der Waals surface area contributed by atoms with Crippen molar-refractivity contribution < 1.29 is 28.7 Å². The van der Waals surface area contributed by atoms with E-state index < -0.39 is 41.6 Å². The third-order valence-corrected chi connectivity index (χ3v) is 6.53. The zero-order valence-electron chi connectivity index (χ0n) is 26.1. The van der Waals surface area contributed by atoms with Crippen molar-refractivity contribution in [2.24, 2.45) is 0 Å². The molecule has 0 aliphatic carbocycles. The van der Waals surface area contributed by atoms with Gasteiger partial charge in [0.25, 0.3) is 0 Å². The summed E-state index contributed by atoms with van der Waals surface area (Å²) in [5.74, 6) is -1.22. The fourth-order valence-electron chi connectivity index (χ4n) is 4.52. The molecule has 9 nitrogen and oxygen atoms in total. The molecule has 2 atom stereocenters. The number of rotatable bonds is 14. The maximum Gasteiger partial charge on any atom is 0.408 e. The smallest absolute Gasteiger partial charge is 0.408 e. The van der Waals surface area contributed by atoms with Gasteiger partial charge >= 0.3 is 12.1 Å². The number of carbonyl (C=O) groups excluding carboxylic acids is 4. The van der Waals surface area contributed by atoms with Gasteiger partial charge in [-0.05, 0) is 64.7 Å². The van der Waals surface area contributed by atoms with Crippen molar-refractivity contribution in [1.29, 1.82) is 0 Å². The summed E-state index contributed by atoms with van der Waals surface area (Å²) in [4.78, 5) is 54.7. The zero-order valence-corrected chi connectivity index (χ0v) is 26.1. The topological polar surface area (TPSA) is 114 Å². The van der Waals surface area contributed by atoms with Crippen LogP contribution in [0.4, 0.5) is 4.79 Å². The molecule has 9 heteroatoms. The third-order valence-electron chi connectivity index (χ3n) is 6.53. The minimum absolute atomic E-state index is 0.0127. The van der Waals surface area contributed by atoms with Crippen molar-refractivity contribution in [2.75, 3.05) is 19.7 Å². The van der Waals surface area contributed by atoms with Gasteiger partial charge in [-0.1, -0.05) is 67.4 Å². The molecule has 230 valence electrons. The van der Waals surface area contributed by atoms with Gasteiger partial charge in [-0.3, -0.25) is 14.4 Å². The third kappa shape index (κ3) is 11.2. The number of unbranched alkanes of at least 4 members (excludes halogenated alkanes) is 1. The summed E-state index contributed by atoms with van der Waals surface area (Å²) in [6, 6.07) is 13.2. The summed E-state index contributed by atoms with van der Waals surface area (Å²) in [5, 5.41) is 5.62. The molecule has 0 heterocycles. The van der Waals surface area contributed by atoms with E-state index in [4.69, 9.17) is 9.47 Å². The molecule has 0 aliphatic heterocycles. The number of hydrogen-bond donors (Lipinski definition) is 2. The monoisotopic (exact) mass is 581 g/mol. The molecule has 2 aromatic carbocycles. The van der Waals surface area contributed by atoms with Crippen LogP contribution in [-0.4, -0.2) is 60.1 Å². The summed E-state index contributed by atoms with van der Waals surface area (Å²) >= 11 is 0. The lowest BCUT2D eigenvalue weighted by molar-refractivity contribution is -0.144. The van der Waals surface area contributed by atoms with E-state index >= 15 is 0 Å². The van der Waals surface area contributed by atoms with Crippen LogP contribution in [0, 0.1) is 13.8 Å². The number of esters is 1. The Morgan fingerprint density at radius 3 is 2.29 bits per heavy atom. The van der Waals surface area contributed by atoms with Gasteiger partial charge in [0.1, 0.15) is 17.7 Å². The summed E-state index contributed by atoms with van der Waals surface area (Å²) < 4.78 is 10.5. The van der Waals surface area contributed by atoms with Gasteiger partial charge in [0.05, 0.1) is 13.0 Å². The van der Waals surface area contributed by atoms with Gasteiger partial charge in [0.2, 0.25) is 11.8 Å². The molecule has 0 fully saturated rings. The normalized spacial score (nSPS) is 12.5. The molecule has 2 N–H and O–H groups in total. The summed E-state index contributed by atoms with van der Waals surface area (Å²) in [6.07, 6.45) is 0.948. The Morgan fingerprint density at radius 1 is 0.976 bits per heavy atom. The lowest BCUT2D eigenvalue weighted by atomic mass is 9.95. The molecular formula is C33H47N3O6. The Morgan fingerprint density at radius 2 is 1.67 bits per heavy atom. The molecule has 0 saturated carbocycles. The molecule has 0 saturated heterocycles. The number of benzene rings is 2. The molecule has 0 spiro atoms. The van der Waals surface area contributed by atoms with Gasteiger partial charge in [0, 0.05) is 19.5 Å². The van der Waals surface area contributed by atoms with Gasteiger partial charge in [0.15, 0.2) is 0 Å². The number of aryl methyl sites for hydroxylation is 2. The summed E-state index contributed by atoms with van der Waals surface area (Å²) in [7, 11) is 0. The van der Waals surface area contributed by atoms with E-state index in [1.54, 1.807) is 32.6 Å². The molecule has 0 aliphatic rings. The van der Waals surface area contributed by atoms with E-state index in [1.807, 2.05) is 69.3 Å². The predicted octanol–water partition coefficient (Wildman–Crippen LogP) is 5.18. The maximum absolute atomic E-state index is 14.4. The highest BCUT2D eigenvalue weighted by Gasteiger charge is 2.37. The molecule has 42 heavy (non-hydrogen) atoms. The molecule has 0 bridgehead atoms. The average Bonchev–Trinajstić information content (AvgIpc) is 2.91. The largest absolute Gasteiger partial charge is 0.466 e. The van der Waals surface area contributed by atoms with E-state index in [9.17, 15) is 19.2 Å². The minimum Gasteiger partial charge on any atom is -0.466 e. The second kappa shape index (κ2) is 16.5. The Balaban J connectivity index is 2.53. The van der Waals surface area contributed by atoms with E-state index in [2.05, 4.69) is 10.6 Å². The Hall–Kier alpha value is -3.88. The molecule has 0 radical (unpaired) electrons. The van der Waals surface area contributed by atoms with Gasteiger partial charge in [-0.2, -0.15) is 0 Å². The van der Waals surface area contributed by atoms with Crippen molar-refractivity contribution in [1.82, 2.24) is 15.5 Å². The lowest BCUT2D eigenvalue weighted by Gasteiger charge is -2.35. The fourth-order valence-corrected chi connectivity index (χ4v) is 4.52. The standard InChI is InChI=1S/C33H47N3O6/c1-8-10-20-36(31(39)27(22-25-14-12-11-13-15-25)35-32(40)42-33(5,6)7)29(26-21-23(3)16-17-24(26)4)30(38)34-19-18-28(37)41-9-2/h11-17,21,27,29H,8-10,18-20,22H2,1-7H3,(H,34,38)(H,35,40). The quantitative estimate of drug-likeness (QED) is 0.297. The van der Waals surface area contributed by atoms with Crippen LogP contribution in [0.2, 0.25) is 0 Å². The SMILES string of the molecule is CCCCN(C(=O)C(Cc1ccccc1)NC(=O)OC(C)(C)C)C(C(=O)NCCC(=O)OCC)c1cc(C)ccc1C. The van der Waals surface area contributed by atoms with Crippen LogP contribution in [-0.2, 0) is 30.3 Å². The van der Waals surface area contributed by atoms with E-state index in [1.165, 1.54) is 0 Å². The van der Waals surface area contributed by atoms with Crippen molar-refractivity contribution in [3.63, 3.8) is 0 Å². The first-order chi connectivity index (χ1) is 19.9. The fraction of sp³-hybridized carbons (Fsp3) is 0.515. The summed E-state index contributed by atoms with van der Waals surface area (Å²) in [6.45, 7) is 13.4. The van der Waals surface area contributed by atoms with Crippen LogP contribution in [0.1, 0.15) is 82.2 Å². The minimum atomic E-state index is -0.987. The Bertz CT molecular complexity index is 1190. The predicted molar refractivity (Wildman–Crippen MR) is 163 cm³/mol. The van der Waals surface area contributed by atoms with Crippen molar-refractivity contribution in [3.05, 3.63) is 70.8 Å². The Labute approximate surface area is 250 Å². The first kappa shape index (κ1) is 34.3. The first-order valence-corrected chi connectivity index (χ1v) is 14.7. The summed E-state index contributed by atoms with van der Waals surface area (Å²) in [5.41, 5.74) is 2.57. The van der Waals surface area contributed by atoms with Gasteiger partial charge in [-0.15, -0.1) is 0 Å². The first-order valence-electron chi connectivity index (χ1n) is 14.7. The van der Waals surface area contributed by atoms with Crippen molar-refractivity contribution in [2.45, 2.75) is 91.8 Å². The number of carbonyl (C=O) groups is 4. The molecular weight excluding hydrogens is 534 g/mol. The van der Waals surface area contributed by atoms with E-state index in [-0.39, 0.29) is 26.0 Å². The van der Waals surface area contributed by atoms with Gasteiger partial charge in [-0.25, -0.2) is 4.79 Å². The van der Waals surface area contributed by atoms with E-state index in [0.29, 0.717) is 18.5 Å². The number of nitrogens with one attached hydrogen (secondary N) is 2. The van der Waals surface area contributed by atoms with Gasteiger partial charge < -0.3 is 25.0 Å². The molecule has 2 rings (SSSR count). The van der Waals surface area contributed by atoms with Crippen LogP contribution in [0.25, 0.3) is 0 Å². The van der Waals surface area contributed by atoms with E-state index in [0.717, 1.165) is 23.1 Å². The van der Waals surface area contributed by atoms with Crippen LogP contribution >= 0.6 is 0 Å². The highest BCUT2D eigenvalue weighted by atomic mass is 16.6. The highest BCUT2D eigenvalue weighted by molar-refractivity contribution is 5.92. The van der Waals surface area contributed by atoms with Crippen LogP contribution in [0.3, 0.4) is 0 Å². The van der Waals surface area contributed by atoms with Crippen molar-refractivity contribution in [3.8, 4) is 0 Å². The lowest BCUT2D eigenvalue weighted by Crippen LogP contribution is -2.54. The zero-order chi connectivity index (χ0) is 31.3. The molecule has 0 aromatic heterocycles. The van der Waals surface area contributed by atoms with Crippen LogP contribution in [0.15, 0.2) is 48.5 Å². The highest BCUT2D eigenvalue weighted by Crippen LogP contribution is 2.28. The number of nitrogens with zero attached hydrogens (tertiary/aromatic N) is 1. The van der Waals surface area contributed by atoms with Crippen LogP contribution < -0.4 is 10.6 Å². The number of hydrogen-bond acceptors (Lipinski definition) is 6. The molecule has 2 aromatic rings. The van der Waals surface area contributed by atoms with Crippen molar-refractivity contribution >= 4 is 23.9 Å². The van der Waals surface area contributed by atoms with Crippen LogP contribution in [0.5, 0.6) is 0 Å². The second-order valence-electron chi connectivity index (χ2n) is 11.4.